The van der Waals surface area contributed by atoms with Crippen LogP contribution in [0.25, 0.3) is 5.57 Å². The summed E-state index contributed by atoms with van der Waals surface area (Å²) in [5, 5.41) is 3.08. The van der Waals surface area contributed by atoms with E-state index < -0.39 is 0 Å². The van der Waals surface area contributed by atoms with Crippen LogP contribution in [0.5, 0.6) is 0 Å². The molecule has 1 aliphatic carbocycles. The van der Waals surface area contributed by atoms with E-state index >= 15 is 0 Å². The van der Waals surface area contributed by atoms with E-state index in [2.05, 4.69) is 28.5 Å². The second-order valence-electron chi connectivity index (χ2n) is 7.21. The van der Waals surface area contributed by atoms with E-state index in [1.165, 1.54) is 0 Å². The lowest BCUT2D eigenvalue weighted by atomic mass is 9.86. The molecule has 28 heavy (non-hydrogen) atoms. The topological polar surface area (TPSA) is 44.7 Å². The molecule has 2 aromatic carbocycles. The summed E-state index contributed by atoms with van der Waals surface area (Å²) in [6.45, 7) is 0. The number of para-hydroxylation sites is 1. The Morgan fingerprint density at radius 1 is 1.11 bits per heavy atom. The fraction of sp³-hybridized carbons (Fsp3) is 0.167. The first kappa shape index (κ1) is 18.0. The van der Waals surface area contributed by atoms with Gasteiger partial charge in [-0.3, -0.25) is 9.79 Å². The second kappa shape index (κ2) is 7.69. The molecule has 0 spiro atoms. The standard InChI is InChI=1S/C24H23N3O/c1-27(2)20-10-7-9-18(15-20)24(28)26-23-13-6-4-11-21(23)19-14-17-8-3-5-12-22(17)25-16-19/h3-13,15-17H,14H2,1-2H3,(H,26,28). The molecule has 0 aromatic heterocycles. The molecule has 1 N–H and O–H groups in total. The predicted molar refractivity (Wildman–Crippen MR) is 117 cm³/mol. The van der Waals surface area contributed by atoms with Crippen LogP contribution in [0.4, 0.5) is 11.4 Å². The number of nitrogens with one attached hydrogen (secondary N) is 1. The third-order valence-corrected chi connectivity index (χ3v) is 5.06. The van der Waals surface area contributed by atoms with Crippen molar-refractivity contribution in [3.63, 3.8) is 0 Å². The minimum atomic E-state index is -0.114. The zero-order valence-corrected chi connectivity index (χ0v) is 16.1. The number of amides is 1. The SMILES string of the molecule is CN(C)c1cccc(C(=O)Nc2ccccc2C2=CN=C3C=CC=CC3C2)c1. The van der Waals surface area contributed by atoms with Crippen molar-refractivity contribution < 1.29 is 4.79 Å². The summed E-state index contributed by atoms with van der Waals surface area (Å²) in [6.07, 6.45) is 11.1. The number of fused-ring (bicyclic) bond motifs is 1. The number of hydrogen-bond donors (Lipinski definition) is 1. The zero-order chi connectivity index (χ0) is 19.5. The highest BCUT2D eigenvalue weighted by Gasteiger charge is 2.21. The van der Waals surface area contributed by atoms with Crippen molar-refractivity contribution in [3.8, 4) is 0 Å². The highest BCUT2D eigenvalue weighted by Crippen LogP contribution is 2.34. The van der Waals surface area contributed by atoms with Gasteiger partial charge in [-0.25, -0.2) is 0 Å². The number of benzene rings is 2. The van der Waals surface area contributed by atoms with Crippen LogP contribution < -0.4 is 10.2 Å². The molecule has 2 aliphatic rings. The molecule has 4 heteroatoms. The number of nitrogens with zero attached hydrogens (tertiary/aromatic N) is 2. The molecule has 1 aliphatic heterocycles. The van der Waals surface area contributed by atoms with Crippen molar-refractivity contribution in [3.05, 3.63) is 90.2 Å². The summed E-state index contributed by atoms with van der Waals surface area (Å²) < 4.78 is 0. The molecule has 2 aromatic rings. The fourth-order valence-electron chi connectivity index (χ4n) is 3.50. The zero-order valence-electron chi connectivity index (χ0n) is 16.1. The van der Waals surface area contributed by atoms with Gasteiger partial charge in [0, 0.05) is 54.4 Å². The highest BCUT2D eigenvalue weighted by molar-refractivity contribution is 6.07. The average molecular weight is 369 g/mol. The monoisotopic (exact) mass is 369 g/mol. The molecule has 4 rings (SSSR count). The number of rotatable bonds is 4. The summed E-state index contributed by atoms with van der Waals surface area (Å²) in [5.74, 6) is 0.183. The van der Waals surface area contributed by atoms with E-state index in [1.54, 1.807) is 0 Å². The van der Waals surface area contributed by atoms with Gasteiger partial charge in [-0.1, -0.05) is 42.5 Å². The third-order valence-electron chi connectivity index (χ3n) is 5.06. The molecule has 4 nitrogen and oxygen atoms in total. The van der Waals surface area contributed by atoms with Crippen LogP contribution in [-0.4, -0.2) is 25.7 Å². The van der Waals surface area contributed by atoms with Crippen LogP contribution >= 0.6 is 0 Å². The van der Waals surface area contributed by atoms with Crippen molar-refractivity contribution in [1.29, 1.82) is 0 Å². The molecule has 0 saturated heterocycles. The Bertz CT molecular complexity index is 1030. The van der Waals surface area contributed by atoms with Gasteiger partial charge < -0.3 is 10.2 Å². The van der Waals surface area contributed by atoms with Gasteiger partial charge in [0.15, 0.2) is 0 Å². The molecule has 1 heterocycles. The third kappa shape index (κ3) is 3.67. The Kier molecular flexibility index (Phi) is 4.94. The molecule has 1 amide bonds. The van der Waals surface area contributed by atoms with E-state index in [0.717, 1.165) is 34.6 Å². The van der Waals surface area contributed by atoms with Crippen LogP contribution in [0.3, 0.4) is 0 Å². The Hall–Kier alpha value is -3.40. The molecule has 1 atom stereocenters. The van der Waals surface area contributed by atoms with Crippen LogP contribution in [0.1, 0.15) is 22.3 Å². The highest BCUT2D eigenvalue weighted by atomic mass is 16.1. The number of aliphatic imine (C=N–C) groups is 1. The first-order valence-corrected chi connectivity index (χ1v) is 9.41. The maximum atomic E-state index is 12.9. The van der Waals surface area contributed by atoms with Crippen molar-refractivity contribution in [2.45, 2.75) is 6.42 Å². The van der Waals surface area contributed by atoms with E-state index in [4.69, 9.17) is 0 Å². The smallest absolute Gasteiger partial charge is 0.255 e. The van der Waals surface area contributed by atoms with Gasteiger partial charge in [0.1, 0.15) is 0 Å². The summed E-state index contributed by atoms with van der Waals surface area (Å²) in [4.78, 5) is 19.5. The van der Waals surface area contributed by atoms with Gasteiger partial charge >= 0.3 is 0 Å². The second-order valence-corrected chi connectivity index (χ2v) is 7.21. The molecule has 0 fully saturated rings. The number of carbonyl (C=O) groups excluding carboxylic acids is 1. The minimum Gasteiger partial charge on any atom is -0.378 e. The summed E-state index contributed by atoms with van der Waals surface area (Å²) in [7, 11) is 3.93. The van der Waals surface area contributed by atoms with Crippen LogP contribution in [-0.2, 0) is 0 Å². The normalized spacial score (nSPS) is 17.4. The van der Waals surface area contributed by atoms with Crippen molar-refractivity contribution in [2.24, 2.45) is 10.9 Å². The molecular formula is C24H23N3O. The fourth-order valence-corrected chi connectivity index (χ4v) is 3.50. The van der Waals surface area contributed by atoms with Crippen molar-refractivity contribution in [1.82, 2.24) is 0 Å². The first-order chi connectivity index (χ1) is 13.6. The summed E-state index contributed by atoms with van der Waals surface area (Å²) >= 11 is 0. The minimum absolute atomic E-state index is 0.114. The van der Waals surface area contributed by atoms with Crippen LogP contribution in [0.2, 0.25) is 0 Å². The Morgan fingerprint density at radius 2 is 1.96 bits per heavy atom. The lowest BCUT2D eigenvalue weighted by molar-refractivity contribution is 0.102. The van der Waals surface area contributed by atoms with Gasteiger partial charge in [-0.2, -0.15) is 0 Å². The lowest BCUT2D eigenvalue weighted by Gasteiger charge is -2.23. The largest absolute Gasteiger partial charge is 0.378 e. The van der Waals surface area contributed by atoms with Crippen molar-refractivity contribution in [2.75, 3.05) is 24.3 Å². The maximum absolute atomic E-state index is 12.9. The van der Waals surface area contributed by atoms with E-state index in [-0.39, 0.29) is 5.91 Å². The molecule has 0 bridgehead atoms. The number of allylic oxidation sites excluding steroid dienone is 5. The number of anilines is 2. The van der Waals surface area contributed by atoms with Crippen LogP contribution in [0.15, 0.2) is 84.0 Å². The number of carbonyl (C=O) groups is 1. The van der Waals surface area contributed by atoms with E-state index in [0.29, 0.717) is 11.5 Å². The molecule has 140 valence electrons. The summed E-state index contributed by atoms with van der Waals surface area (Å²) in [5.41, 5.74) is 5.68. The number of hydrogen-bond acceptors (Lipinski definition) is 3. The Balaban J connectivity index is 1.60. The van der Waals surface area contributed by atoms with Gasteiger partial charge in [0.25, 0.3) is 5.91 Å². The quantitative estimate of drug-likeness (QED) is 0.830. The Morgan fingerprint density at radius 3 is 2.82 bits per heavy atom. The van der Waals surface area contributed by atoms with Gasteiger partial charge in [-0.15, -0.1) is 0 Å². The Labute approximate surface area is 165 Å². The van der Waals surface area contributed by atoms with Gasteiger partial charge in [-0.05, 0) is 42.3 Å². The lowest BCUT2D eigenvalue weighted by Crippen LogP contribution is -2.17. The van der Waals surface area contributed by atoms with Gasteiger partial charge in [0.05, 0.1) is 0 Å². The average Bonchev–Trinajstić information content (AvgIpc) is 2.74. The summed E-state index contributed by atoms with van der Waals surface area (Å²) in [6, 6.07) is 15.5. The van der Waals surface area contributed by atoms with E-state index in [9.17, 15) is 4.79 Å². The predicted octanol–water partition coefficient (Wildman–Crippen LogP) is 4.93. The molecule has 0 radical (unpaired) electrons. The molecule has 0 saturated carbocycles. The first-order valence-electron chi connectivity index (χ1n) is 9.41. The van der Waals surface area contributed by atoms with Crippen molar-refractivity contribution >= 4 is 28.6 Å². The van der Waals surface area contributed by atoms with Gasteiger partial charge in [0.2, 0.25) is 0 Å². The molecule has 1 unspecified atom stereocenters. The molecular weight excluding hydrogens is 346 g/mol. The maximum Gasteiger partial charge on any atom is 0.255 e. The van der Waals surface area contributed by atoms with E-state index in [1.807, 2.05) is 79.8 Å². The van der Waals surface area contributed by atoms with Crippen LogP contribution in [0, 0.1) is 5.92 Å².